The van der Waals surface area contributed by atoms with Crippen molar-refractivity contribution in [2.45, 2.75) is 12.5 Å². The van der Waals surface area contributed by atoms with Gasteiger partial charge in [0, 0.05) is 7.05 Å². The molecule has 12 heavy (non-hydrogen) atoms. The molecule has 1 saturated heterocycles. The molecule has 1 heterocycles. The summed E-state index contributed by atoms with van der Waals surface area (Å²) in [5.41, 5.74) is 3.96. The highest BCUT2D eigenvalue weighted by Gasteiger charge is 2.53. The number of ether oxygens (including phenoxy) is 1. The molecule has 1 rings (SSSR count). The van der Waals surface area contributed by atoms with Crippen LogP contribution in [0.5, 0.6) is 0 Å². The fourth-order valence-corrected chi connectivity index (χ4v) is 1.16. The Hall–Kier alpha value is -1.10. The maximum absolute atomic E-state index is 11.1. The van der Waals surface area contributed by atoms with Crippen LogP contribution >= 0.6 is 0 Å². The molecule has 1 fully saturated rings. The Morgan fingerprint density at radius 2 is 2.25 bits per heavy atom. The molecule has 2 unspecified atom stereocenters. The zero-order chi connectivity index (χ0) is 9.35. The normalized spacial score (nSPS) is 33.7. The van der Waals surface area contributed by atoms with Crippen LogP contribution in [-0.2, 0) is 14.3 Å². The van der Waals surface area contributed by atoms with Crippen LogP contribution in [-0.4, -0.2) is 31.1 Å². The average Bonchev–Trinajstić information content (AvgIpc) is 2.00. The van der Waals surface area contributed by atoms with Gasteiger partial charge in [0.15, 0.2) is 5.60 Å². The topological polar surface area (TPSA) is 81.4 Å². The van der Waals surface area contributed by atoms with Crippen molar-refractivity contribution in [2.24, 2.45) is 11.7 Å². The summed E-state index contributed by atoms with van der Waals surface area (Å²) in [7, 11) is 1.52. The third-order valence-electron chi connectivity index (χ3n) is 2.27. The van der Waals surface area contributed by atoms with Gasteiger partial charge in [-0.3, -0.25) is 9.59 Å². The van der Waals surface area contributed by atoms with Gasteiger partial charge in [-0.1, -0.05) is 0 Å². The second-order valence-electron chi connectivity index (χ2n) is 2.95. The number of amides is 2. The number of hydrogen-bond donors (Lipinski definition) is 2. The first kappa shape index (κ1) is 8.99. The summed E-state index contributed by atoms with van der Waals surface area (Å²) in [6, 6.07) is 0. The largest absolute Gasteiger partial charge is 0.367 e. The fraction of sp³-hybridized carbons (Fsp3) is 0.714. The van der Waals surface area contributed by atoms with Gasteiger partial charge in [-0.25, -0.2) is 0 Å². The van der Waals surface area contributed by atoms with Crippen molar-refractivity contribution in [3.05, 3.63) is 0 Å². The number of hydrogen-bond acceptors (Lipinski definition) is 3. The molecular weight excluding hydrogens is 160 g/mol. The van der Waals surface area contributed by atoms with Crippen LogP contribution in [0.4, 0.5) is 0 Å². The van der Waals surface area contributed by atoms with Crippen LogP contribution < -0.4 is 11.1 Å². The minimum Gasteiger partial charge on any atom is -0.367 e. The van der Waals surface area contributed by atoms with E-state index in [1.54, 1.807) is 0 Å². The van der Waals surface area contributed by atoms with Gasteiger partial charge in [0.2, 0.25) is 11.8 Å². The van der Waals surface area contributed by atoms with E-state index < -0.39 is 17.4 Å². The van der Waals surface area contributed by atoms with E-state index in [1.165, 1.54) is 14.0 Å². The van der Waals surface area contributed by atoms with Crippen molar-refractivity contribution in [3.8, 4) is 0 Å². The Kier molecular flexibility index (Phi) is 2.06. The molecule has 0 aromatic carbocycles. The van der Waals surface area contributed by atoms with Gasteiger partial charge in [0.1, 0.15) is 0 Å². The van der Waals surface area contributed by atoms with Gasteiger partial charge in [0.05, 0.1) is 12.5 Å². The van der Waals surface area contributed by atoms with Crippen LogP contribution in [0.25, 0.3) is 0 Å². The van der Waals surface area contributed by atoms with Gasteiger partial charge in [-0.15, -0.1) is 0 Å². The molecule has 2 amide bonds. The molecule has 0 spiro atoms. The summed E-state index contributed by atoms with van der Waals surface area (Å²) < 4.78 is 4.98. The Labute approximate surface area is 70.2 Å². The highest BCUT2D eigenvalue weighted by molar-refractivity contribution is 5.93. The second kappa shape index (κ2) is 2.75. The first-order valence-electron chi connectivity index (χ1n) is 3.68. The number of nitrogens with one attached hydrogen (secondary N) is 1. The lowest BCUT2D eigenvalue weighted by atomic mass is 9.83. The Morgan fingerprint density at radius 3 is 2.50 bits per heavy atom. The van der Waals surface area contributed by atoms with E-state index in [0.717, 1.165) is 0 Å². The molecule has 0 saturated carbocycles. The smallest absolute Gasteiger partial charge is 0.250 e. The first-order chi connectivity index (χ1) is 5.52. The third-order valence-corrected chi connectivity index (χ3v) is 2.27. The van der Waals surface area contributed by atoms with E-state index in [1.807, 2.05) is 0 Å². The molecule has 0 radical (unpaired) electrons. The zero-order valence-corrected chi connectivity index (χ0v) is 7.09. The van der Waals surface area contributed by atoms with Crippen LogP contribution in [0.2, 0.25) is 0 Å². The van der Waals surface area contributed by atoms with Crippen molar-refractivity contribution in [3.63, 3.8) is 0 Å². The lowest BCUT2D eigenvalue weighted by Crippen LogP contribution is -2.64. The van der Waals surface area contributed by atoms with E-state index in [0.29, 0.717) is 0 Å². The van der Waals surface area contributed by atoms with Crippen LogP contribution in [0.1, 0.15) is 6.92 Å². The van der Waals surface area contributed by atoms with Crippen LogP contribution in [0.3, 0.4) is 0 Å². The fourth-order valence-electron chi connectivity index (χ4n) is 1.16. The van der Waals surface area contributed by atoms with E-state index in [2.05, 4.69) is 5.32 Å². The van der Waals surface area contributed by atoms with Crippen molar-refractivity contribution < 1.29 is 14.3 Å². The van der Waals surface area contributed by atoms with Gasteiger partial charge in [-0.2, -0.15) is 0 Å². The molecular formula is C7H12N2O3. The minimum absolute atomic E-state index is 0.206. The highest BCUT2D eigenvalue weighted by atomic mass is 16.5. The average molecular weight is 172 g/mol. The van der Waals surface area contributed by atoms with Gasteiger partial charge in [-0.05, 0) is 6.92 Å². The van der Waals surface area contributed by atoms with Crippen molar-refractivity contribution in [1.29, 1.82) is 0 Å². The SMILES string of the molecule is CNC(=O)C1COC1(C)C(N)=O. The highest BCUT2D eigenvalue weighted by Crippen LogP contribution is 2.32. The third kappa shape index (κ3) is 1.06. The molecule has 0 aliphatic carbocycles. The van der Waals surface area contributed by atoms with Crippen molar-refractivity contribution in [2.75, 3.05) is 13.7 Å². The Balaban J connectivity index is 2.71. The van der Waals surface area contributed by atoms with E-state index >= 15 is 0 Å². The molecule has 2 atom stereocenters. The number of rotatable bonds is 2. The summed E-state index contributed by atoms with van der Waals surface area (Å²) >= 11 is 0. The van der Waals surface area contributed by atoms with Gasteiger partial charge >= 0.3 is 0 Å². The van der Waals surface area contributed by atoms with Crippen LogP contribution in [0.15, 0.2) is 0 Å². The molecule has 68 valence electrons. The van der Waals surface area contributed by atoms with Gasteiger partial charge < -0.3 is 15.8 Å². The van der Waals surface area contributed by atoms with E-state index in [9.17, 15) is 9.59 Å². The van der Waals surface area contributed by atoms with E-state index in [-0.39, 0.29) is 12.5 Å². The molecule has 0 bridgehead atoms. The minimum atomic E-state index is -1.11. The number of nitrogens with two attached hydrogens (primary N) is 1. The van der Waals surface area contributed by atoms with Crippen molar-refractivity contribution >= 4 is 11.8 Å². The molecule has 0 aromatic rings. The predicted octanol–water partition coefficient (Wildman–Crippen LogP) is -1.38. The molecule has 0 aromatic heterocycles. The lowest BCUT2D eigenvalue weighted by molar-refractivity contribution is -0.200. The zero-order valence-electron chi connectivity index (χ0n) is 7.09. The second-order valence-corrected chi connectivity index (χ2v) is 2.95. The maximum atomic E-state index is 11.1. The maximum Gasteiger partial charge on any atom is 0.250 e. The summed E-state index contributed by atoms with van der Waals surface area (Å²) in [4.78, 5) is 22.0. The summed E-state index contributed by atoms with van der Waals surface area (Å²) in [6.45, 7) is 1.79. The van der Waals surface area contributed by atoms with Crippen LogP contribution in [0, 0.1) is 5.92 Å². The van der Waals surface area contributed by atoms with E-state index in [4.69, 9.17) is 10.5 Å². The van der Waals surface area contributed by atoms with Crippen molar-refractivity contribution in [1.82, 2.24) is 5.32 Å². The molecule has 1 aliphatic heterocycles. The Bertz CT molecular complexity index is 229. The molecule has 3 N–H and O–H groups in total. The molecule has 1 aliphatic rings. The molecule has 5 nitrogen and oxygen atoms in total. The number of primary amides is 1. The summed E-state index contributed by atoms with van der Waals surface area (Å²) in [5, 5.41) is 2.45. The predicted molar refractivity (Wildman–Crippen MR) is 41.1 cm³/mol. The monoisotopic (exact) mass is 172 g/mol. The summed E-state index contributed by atoms with van der Waals surface area (Å²) in [6.07, 6.45) is 0. The van der Waals surface area contributed by atoms with Gasteiger partial charge in [0.25, 0.3) is 0 Å². The number of carbonyl (C=O) groups excluding carboxylic acids is 2. The lowest BCUT2D eigenvalue weighted by Gasteiger charge is -2.42. The molecule has 5 heteroatoms. The first-order valence-corrected chi connectivity index (χ1v) is 3.68. The number of carbonyl (C=O) groups is 2. The summed E-state index contributed by atoms with van der Waals surface area (Å²) in [5.74, 6) is -1.25. The standard InChI is InChI=1S/C7H12N2O3/c1-7(6(8)11)4(3-12-7)5(10)9-2/h4H,3H2,1-2H3,(H2,8,11)(H,9,10). The quantitative estimate of drug-likeness (QED) is 0.538. The Morgan fingerprint density at radius 1 is 1.67 bits per heavy atom.